The lowest BCUT2D eigenvalue weighted by molar-refractivity contribution is -0.139. The third-order valence-electron chi connectivity index (χ3n) is 1.37. The molecule has 0 aromatic carbocycles. The van der Waals surface area contributed by atoms with Gasteiger partial charge in [-0.25, -0.2) is 0 Å². The van der Waals surface area contributed by atoms with Crippen molar-refractivity contribution in [2.24, 2.45) is 11.7 Å². The highest BCUT2D eigenvalue weighted by atomic mass is 35.5. The van der Waals surface area contributed by atoms with E-state index in [1.165, 1.54) is 0 Å². The molecule has 2 atom stereocenters. The molecule has 1 aliphatic rings. The maximum atomic E-state index is 10.4. The van der Waals surface area contributed by atoms with E-state index in [-0.39, 0.29) is 30.3 Å². The first kappa shape index (κ1) is 8.72. The minimum atomic E-state index is -0.380. The molecule has 0 aromatic rings. The number of ether oxygens (including phenoxy) is 1. The average molecular weight is 152 g/mol. The minimum absolute atomic E-state index is 0. The molecule has 3 nitrogen and oxygen atoms in total. The summed E-state index contributed by atoms with van der Waals surface area (Å²) in [5.41, 5.74) is 5.35. The molecule has 2 N–H and O–H groups in total. The van der Waals surface area contributed by atoms with E-state index < -0.39 is 0 Å². The highest BCUT2D eigenvalue weighted by molar-refractivity contribution is 5.85. The third kappa shape index (κ3) is 1.56. The van der Waals surface area contributed by atoms with E-state index in [0.717, 1.165) is 0 Å². The van der Waals surface area contributed by atoms with Crippen molar-refractivity contribution in [1.82, 2.24) is 0 Å². The van der Waals surface area contributed by atoms with Crippen molar-refractivity contribution in [2.75, 3.05) is 6.61 Å². The molecule has 54 valence electrons. The van der Waals surface area contributed by atoms with Gasteiger partial charge in [0.25, 0.3) is 0 Å². The Hall–Kier alpha value is -0.280. The van der Waals surface area contributed by atoms with Crippen LogP contribution in [0.15, 0.2) is 0 Å². The van der Waals surface area contributed by atoms with E-state index >= 15 is 0 Å². The molecule has 1 heterocycles. The lowest BCUT2D eigenvalue weighted by Crippen LogP contribution is -2.30. The van der Waals surface area contributed by atoms with Crippen LogP contribution in [0.4, 0.5) is 0 Å². The summed E-state index contributed by atoms with van der Waals surface area (Å²) in [6.07, 6.45) is 0. The first-order valence-corrected chi connectivity index (χ1v) is 2.64. The molecule has 0 saturated carbocycles. The standard InChI is InChI=1S/C5H9NO2.ClH/c1-3-2-8-5(7)4(3)6;/h3-4H,2,6H2,1H3;1H/t3-,4-;/m1./s1. The number of nitrogens with two attached hydrogens (primary N) is 1. The summed E-state index contributed by atoms with van der Waals surface area (Å²) in [6, 6.07) is -0.380. The van der Waals surface area contributed by atoms with E-state index in [1.807, 2.05) is 6.92 Å². The Morgan fingerprint density at radius 1 is 1.78 bits per heavy atom. The highest BCUT2D eigenvalue weighted by Crippen LogP contribution is 2.10. The predicted octanol–water partition coefficient (Wildman–Crippen LogP) is -0.0716. The van der Waals surface area contributed by atoms with E-state index in [1.54, 1.807) is 0 Å². The summed E-state index contributed by atoms with van der Waals surface area (Å²) in [4.78, 5) is 10.4. The Morgan fingerprint density at radius 2 is 2.33 bits per heavy atom. The smallest absolute Gasteiger partial charge is 0.323 e. The monoisotopic (exact) mass is 151 g/mol. The molecule has 1 aliphatic heterocycles. The second-order valence-electron chi connectivity index (χ2n) is 2.13. The van der Waals surface area contributed by atoms with Crippen LogP contribution in [0.1, 0.15) is 6.92 Å². The zero-order valence-corrected chi connectivity index (χ0v) is 5.98. The van der Waals surface area contributed by atoms with E-state index in [9.17, 15) is 4.79 Å². The van der Waals surface area contributed by atoms with Gasteiger partial charge in [0.15, 0.2) is 0 Å². The van der Waals surface area contributed by atoms with Crippen molar-refractivity contribution in [3.8, 4) is 0 Å². The Bertz CT molecular complexity index is 118. The second-order valence-corrected chi connectivity index (χ2v) is 2.13. The number of halogens is 1. The van der Waals surface area contributed by atoms with Crippen molar-refractivity contribution in [2.45, 2.75) is 13.0 Å². The molecule has 0 unspecified atom stereocenters. The molecule has 0 radical (unpaired) electrons. The second kappa shape index (κ2) is 3.03. The molecule has 0 spiro atoms. The average Bonchev–Trinajstić information content (AvgIpc) is 1.98. The molecule has 0 aliphatic carbocycles. The van der Waals surface area contributed by atoms with Gasteiger partial charge in [0, 0.05) is 5.92 Å². The number of cyclic esters (lactones) is 1. The van der Waals surface area contributed by atoms with Gasteiger partial charge in [-0.15, -0.1) is 12.4 Å². The predicted molar refractivity (Wildman–Crippen MR) is 35.3 cm³/mol. The summed E-state index contributed by atoms with van der Waals surface area (Å²) in [5, 5.41) is 0. The number of carbonyl (C=O) groups is 1. The van der Waals surface area contributed by atoms with Gasteiger partial charge in [-0.2, -0.15) is 0 Å². The molecule has 9 heavy (non-hydrogen) atoms. The van der Waals surface area contributed by atoms with Gasteiger partial charge in [-0.1, -0.05) is 6.92 Å². The fourth-order valence-electron chi connectivity index (χ4n) is 0.646. The van der Waals surface area contributed by atoms with Crippen LogP contribution in [-0.4, -0.2) is 18.6 Å². The van der Waals surface area contributed by atoms with E-state index in [4.69, 9.17) is 5.73 Å². The van der Waals surface area contributed by atoms with Crippen molar-refractivity contribution >= 4 is 18.4 Å². The molecule has 0 amide bonds. The topological polar surface area (TPSA) is 52.3 Å². The zero-order chi connectivity index (χ0) is 6.15. The fourth-order valence-corrected chi connectivity index (χ4v) is 0.646. The molecule has 1 saturated heterocycles. The molecular formula is C5H10ClNO2. The third-order valence-corrected chi connectivity index (χ3v) is 1.37. The van der Waals surface area contributed by atoms with Crippen LogP contribution < -0.4 is 5.73 Å². The SMILES string of the molecule is C[C@@H]1COC(=O)[C@@H]1N.Cl. The van der Waals surface area contributed by atoms with Gasteiger partial charge in [0.2, 0.25) is 0 Å². The quantitative estimate of drug-likeness (QED) is 0.493. The molecule has 1 rings (SSSR count). The Morgan fingerprint density at radius 3 is 2.44 bits per heavy atom. The number of esters is 1. The summed E-state index contributed by atoms with van der Waals surface area (Å²) >= 11 is 0. The normalized spacial score (nSPS) is 33.3. The van der Waals surface area contributed by atoms with Crippen LogP contribution in [0.2, 0.25) is 0 Å². The lowest BCUT2D eigenvalue weighted by Gasteiger charge is -1.98. The van der Waals surface area contributed by atoms with Crippen LogP contribution >= 0.6 is 12.4 Å². The molecular weight excluding hydrogens is 142 g/mol. The molecule has 0 bridgehead atoms. The largest absolute Gasteiger partial charge is 0.464 e. The van der Waals surface area contributed by atoms with Crippen molar-refractivity contribution in [3.05, 3.63) is 0 Å². The van der Waals surface area contributed by atoms with Crippen LogP contribution in [0.25, 0.3) is 0 Å². The number of hydrogen-bond acceptors (Lipinski definition) is 3. The first-order valence-electron chi connectivity index (χ1n) is 2.64. The van der Waals surface area contributed by atoms with Gasteiger partial charge < -0.3 is 10.5 Å². The molecule has 0 aromatic heterocycles. The van der Waals surface area contributed by atoms with Gasteiger partial charge in [-0.3, -0.25) is 4.79 Å². The highest BCUT2D eigenvalue weighted by Gasteiger charge is 2.29. The number of carbonyl (C=O) groups excluding carboxylic acids is 1. The van der Waals surface area contributed by atoms with Crippen molar-refractivity contribution < 1.29 is 9.53 Å². The van der Waals surface area contributed by atoms with Gasteiger partial charge in [0.1, 0.15) is 6.04 Å². The first-order chi connectivity index (χ1) is 3.72. The summed E-state index contributed by atoms with van der Waals surface area (Å²) in [5.74, 6) is -0.0694. The molecule has 1 fully saturated rings. The van der Waals surface area contributed by atoms with Crippen molar-refractivity contribution in [3.63, 3.8) is 0 Å². The Labute approximate surface area is 60.0 Å². The maximum absolute atomic E-state index is 10.4. The maximum Gasteiger partial charge on any atom is 0.323 e. The summed E-state index contributed by atoms with van der Waals surface area (Å²) < 4.78 is 4.61. The lowest BCUT2D eigenvalue weighted by atomic mass is 10.1. The van der Waals surface area contributed by atoms with Crippen LogP contribution in [0, 0.1) is 5.92 Å². The van der Waals surface area contributed by atoms with Crippen LogP contribution in [0.3, 0.4) is 0 Å². The summed E-state index contributed by atoms with van der Waals surface area (Å²) in [6.45, 7) is 2.38. The van der Waals surface area contributed by atoms with Crippen LogP contribution in [-0.2, 0) is 9.53 Å². The van der Waals surface area contributed by atoms with Gasteiger partial charge in [0.05, 0.1) is 6.61 Å². The Balaban J connectivity index is 0.000000640. The zero-order valence-electron chi connectivity index (χ0n) is 5.16. The van der Waals surface area contributed by atoms with E-state index in [2.05, 4.69) is 4.74 Å². The van der Waals surface area contributed by atoms with Crippen molar-refractivity contribution in [1.29, 1.82) is 0 Å². The van der Waals surface area contributed by atoms with Gasteiger partial charge >= 0.3 is 5.97 Å². The fraction of sp³-hybridized carbons (Fsp3) is 0.800. The van der Waals surface area contributed by atoms with Crippen LogP contribution in [0.5, 0.6) is 0 Å². The molecule has 4 heteroatoms. The summed E-state index contributed by atoms with van der Waals surface area (Å²) in [7, 11) is 0. The minimum Gasteiger partial charge on any atom is -0.464 e. The van der Waals surface area contributed by atoms with Gasteiger partial charge in [-0.05, 0) is 0 Å². The number of rotatable bonds is 0. The Kier molecular flexibility index (Phi) is 2.94. The number of hydrogen-bond donors (Lipinski definition) is 1. The van der Waals surface area contributed by atoms with E-state index in [0.29, 0.717) is 6.61 Å².